The number of alkyl halides is 1. The third kappa shape index (κ3) is 2.26. The summed E-state index contributed by atoms with van der Waals surface area (Å²) < 4.78 is 26.7. The highest BCUT2D eigenvalue weighted by Crippen LogP contribution is 2.38. The first-order valence-electron chi connectivity index (χ1n) is 7.10. The van der Waals surface area contributed by atoms with Gasteiger partial charge in [-0.15, -0.1) is 0 Å². The molecular formula is C13H18FN5O3. The predicted octanol–water partition coefficient (Wildman–Crippen LogP) is 0.671. The molecule has 4 unspecified atom stereocenters. The van der Waals surface area contributed by atoms with Gasteiger partial charge in [-0.25, -0.2) is 9.37 Å². The van der Waals surface area contributed by atoms with Crippen molar-refractivity contribution in [1.82, 2.24) is 19.5 Å². The maximum absolute atomic E-state index is 14.1. The van der Waals surface area contributed by atoms with Gasteiger partial charge in [-0.2, -0.15) is 9.97 Å². The van der Waals surface area contributed by atoms with E-state index in [1.165, 1.54) is 6.33 Å². The lowest BCUT2D eigenvalue weighted by molar-refractivity contribution is -0.0366. The van der Waals surface area contributed by atoms with E-state index < -0.39 is 24.4 Å². The molecule has 0 amide bonds. The summed E-state index contributed by atoms with van der Waals surface area (Å²) >= 11 is 0. The van der Waals surface area contributed by atoms with Crippen LogP contribution in [0.5, 0.6) is 5.88 Å². The van der Waals surface area contributed by atoms with Crippen LogP contribution in [0, 0.1) is 5.92 Å². The molecule has 0 aromatic carbocycles. The number of aromatic nitrogens is 4. The van der Waals surface area contributed by atoms with Crippen molar-refractivity contribution in [2.75, 3.05) is 18.9 Å². The Kier molecular flexibility index (Phi) is 3.83. The van der Waals surface area contributed by atoms with Crippen LogP contribution >= 0.6 is 0 Å². The number of imidazole rings is 1. The summed E-state index contributed by atoms with van der Waals surface area (Å²) in [5.74, 6) is -0.134. The van der Waals surface area contributed by atoms with Crippen molar-refractivity contribution in [2.24, 2.45) is 5.92 Å². The molecule has 0 radical (unpaired) electrons. The van der Waals surface area contributed by atoms with Gasteiger partial charge in [-0.3, -0.25) is 4.57 Å². The average Bonchev–Trinajstić information content (AvgIpc) is 3.02. The molecule has 9 heteroatoms. The molecule has 3 rings (SSSR count). The molecule has 1 saturated heterocycles. The van der Waals surface area contributed by atoms with Gasteiger partial charge < -0.3 is 20.3 Å². The minimum Gasteiger partial charge on any atom is -0.476 e. The Morgan fingerprint density at radius 3 is 2.91 bits per heavy atom. The lowest BCUT2D eigenvalue weighted by Crippen LogP contribution is -2.24. The van der Waals surface area contributed by atoms with Crippen molar-refractivity contribution < 1.29 is 19.0 Å². The van der Waals surface area contributed by atoms with Crippen LogP contribution in [-0.4, -0.2) is 50.1 Å². The SMILES string of the molecule is CCOc1nc(N)nc2c1ncn2C1OC(CO)C(F)C1C. The van der Waals surface area contributed by atoms with Crippen LogP contribution in [0.15, 0.2) is 6.33 Å². The standard InChI is InChI=1S/C13H18FN5O3/c1-3-21-11-9-10(17-13(15)18-11)19(5-16-9)12-6(2)8(14)7(4-20)22-12/h5-8,12,20H,3-4H2,1-2H3,(H2,15,17,18). The van der Waals surface area contributed by atoms with Gasteiger partial charge in [0.1, 0.15) is 18.5 Å². The average molecular weight is 311 g/mol. The van der Waals surface area contributed by atoms with E-state index in [2.05, 4.69) is 15.0 Å². The number of rotatable bonds is 4. The van der Waals surface area contributed by atoms with Crippen LogP contribution in [0.1, 0.15) is 20.1 Å². The number of hydrogen-bond acceptors (Lipinski definition) is 7. The molecule has 3 N–H and O–H groups in total. The molecule has 0 aliphatic carbocycles. The number of aliphatic hydroxyl groups excluding tert-OH is 1. The van der Waals surface area contributed by atoms with Crippen LogP contribution in [0.25, 0.3) is 11.2 Å². The van der Waals surface area contributed by atoms with Gasteiger partial charge in [-0.05, 0) is 6.92 Å². The first kappa shape index (κ1) is 14.9. The van der Waals surface area contributed by atoms with Crippen molar-refractivity contribution in [3.63, 3.8) is 0 Å². The first-order valence-corrected chi connectivity index (χ1v) is 7.10. The van der Waals surface area contributed by atoms with Crippen LogP contribution in [0.3, 0.4) is 0 Å². The highest BCUT2D eigenvalue weighted by Gasteiger charge is 2.43. The van der Waals surface area contributed by atoms with Crippen molar-refractivity contribution >= 4 is 17.1 Å². The fourth-order valence-electron chi connectivity index (χ4n) is 2.67. The van der Waals surface area contributed by atoms with E-state index in [0.717, 1.165) is 0 Å². The molecule has 2 aromatic rings. The maximum Gasteiger partial charge on any atom is 0.247 e. The Balaban J connectivity index is 2.05. The molecule has 0 spiro atoms. The largest absolute Gasteiger partial charge is 0.476 e. The quantitative estimate of drug-likeness (QED) is 0.854. The molecule has 120 valence electrons. The molecule has 3 heterocycles. The van der Waals surface area contributed by atoms with Gasteiger partial charge in [0.25, 0.3) is 0 Å². The van der Waals surface area contributed by atoms with Crippen molar-refractivity contribution in [3.8, 4) is 5.88 Å². The summed E-state index contributed by atoms with van der Waals surface area (Å²) in [5, 5.41) is 9.19. The molecule has 1 fully saturated rings. The van der Waals surface area contributed by atoms with Gasteiger partial charge in [0.15, 0.2) is 11.2 Å². The Bertz CT molecular complexity index is 679. The third-order valence-corrected chi connectivity index (χ3v) is 3.76. The summed E-state index contributed by atoms with van der Waals surface area (Å²) in [7, 11) is 0. The molecule has 0 saturated carbocycles. The summed E-state index contributed by atoms with van der Waals surface area (Å²) in [4.78, 5) is 12.4. The van der Waals surface area contributed by atoms with E-state index in [1.54, 1.807) is 11.5 Å². The van der Waals surface area contributed by atoms with E-state index in [9.17, 15) is 9.50 Å². The fraction of sp³-hybridized carbons (Fsp3) is 0.615. The van der Waals surface area contributed by atoms with Crippen molar-refractivity contribution in [1.29, 1.82) is 0 Å². The van der Waals surface area contributed by atoms with Crippen LogP contribution in [0.2, 0.25) is 0 Å². The minimum absolute atomic E-state index is 0.0406. The maximum atomic E-state index is 14.1. The Labute approximate surface area is 126 Å². The van der Waals surface area contributed by atoms with Gasteiger partial charge in [0.05, 0.1) is 19.5 Å². The second-order valence-corrected chi connectivity index (χ2v) is 5.20. The molecular weight excluding hydrogens is 293 g/mol. The van der Waals surface area contributed by atoms with Crippen LogP contribution in [0.4, 0.5) is 10.3 Å². The van der Waals surface area contributed by atoms with E-state index in [0.29, 0.717) is 17.8 Å². The van der Waals surface area contributed by atoms with E-state index >= 15 is 0 Å². The second kappa shape index (κ2) is 5.65. The minimum atomic E-state index is -1.27. The molecule has 2 aromatic heterocycles. The van der Waals surface area contributed by atoms with Gasteiger partial charge in [0, 0.05) is 5.92 Å². The Hall–Kier alpha value is -2.00. The Morgan fingerprint density at radius 1 is 1.50 bits per heavy atom. The fourth-order valence-corrected chi connectivity index (χ4v) is 2.67. The second-order valence-electron chi connectivity index (χ2n) is 5.20. The normalized spacial score (nSPS) is 28.4. The Morgan fingerprint density at radius 2 is 2.27 bits per heavy atom. The zero-order valence-corrected chi connectivity index (χ0v) is 12.3. The van der Waals surface area contributed by atoms with Crippen molar-refractivity contribution in [3.05, 3.63) is 6.33 Å². The van der Waals surface area contributed by atoms with Crippen LogP contribution in [-0.2, 0) is 4.74 Å². The van der Waals surface area contributed by atoms with Gasteiger partial charge >= 0.3 is 0 Å². The zero-order valence-electron chi connectivity index (χ0n) is 12.3. The lowest BCUT2D eigenvalue weighted by atomic mass is 10.0. The lowest BCUT2D eigenvalue weighted by Gasteiger charge is -2.17. The van der Waals surface area contributed by atoms with Gasteiger partial charge in [0.2, 0.25) is 11.8 Å². The molecule has 1 aliphatic rings. The number of aliphatic hydroxyl groups is 1. The smallest absolute Gasteiger partial charge is 0.247 e. The molecule has 1 aliphatic heterocycles. The number of ether oxygens (including phenoxy) is 2. The summed E-state index contributed by atoms with van der Waals surface area (Å²) in [6.45, 7) is 3.57. The molecule has 22 heavy (non-hydrogen) atoms. The molecule has 8 nitrogen and oxygen atoms in total. The predicted molar refractivity (Wildman–Crippen MR) is 76.0 cm³/mol. The highest BCUT2D eigenvalue weighted by atomic mass is 19.1. The monoisotopic (exact) mass is 311 g/mol. The van der Waals surface area contributed by atoms with Gasteiger partial charge in [-0.1, -0.05) is 6.92 Å². The molecule has 0 bridgehead atoms. The third-order valence-electron chi connectivity index (χ3n) is 3.76. The number of hydrogen-bond donors (Lipinski definition) is 2. The topological polar surface area (TPSA) is 108 Å². The van der Waals surface area contributed by atoms with E-state index in [4.69, 9.17) is 15.2 Å². The van der Waals surface area contributed by atoms with E-state index in [1.807, 2.05) is 6.92 Å². The summed E-state index contributed by atoms with van der Waals surface area (Å²) in [6, 6.07) is 0. The number of nitrogens with zero attached hydrogens (tertiary/aromatic N) is 4. The number of anilines is 1. The summed E-state index contributed by atoms with van der Waals surface area (Å²) in [5.41, 5.74) is 6.55. The number of nitrogen functional groups attached to an aromatic ring is 1. The van der Waals surface area contributed by atoms with E-state index in [-0.39, 0.29) is 18.4 Å². The van der Waals surface area contributed by atoms with Crippen molar-refractivity contribution in [2.45, 2.75) is 32.4 Å². The first-order chi connectivity index (χ1) is 10.6. The van der Waals surface area contributed by atoms with Crippen LogP contribution < -0.4 is 10.5 Å². The number of halogens is 1. The zero-order chi connectivity index (χ0) is 15.9. The molecule has 4 atom stereocenters. The number of fused-ring (bicyclic) bond motifs is 1. The summed E-state index contributed by atoms with van der Waals surface area (Å²) in [6.07, 6.45) is -1.25. The highest BCUT2D eigenvalue weighted by molar-refractivity contribution is 5.77. The number of nitrogens with two attached hydrogens (primary N) is 1.